The van der Waals surface area contributed by atoms with Crippen LogP contribution in [0.3, 0.4) is 0 Å². The van der Waals surface area contributed by atoms with Gasteiger partial charge in [0, 0.05) is 24.4 Å². The van der Waals surface area contributed by atoms with Crippen molar-refractivity contribution in [3.8, 4) is 5.75 Å². The largest absolute Gasteiger partial charge is 0.493 e. The van der Waals surface area contributed by atoms with Gasteiger partial charge < -0.3 is 19.5 Å². The topological polar surface area (TPSA) is 56.8 Å². The second-order valence-electron chi connectivity index (χ2n) is 8.37. The summed E-state index contributed by atoms with van der Waals surface area (Å²) in [6.45, 7) is 4.35. The lowest BCUT2D eigenvalue weighted by atomic mass is 9.95. The molecule has 0 spiro atoms. The third-order valence-electron chi connectivity index (χ3n) is 5.56. The van der Waals surface area contributed by atoms with Crippen LogP contribution in [0.2, 0.25) is 5.02 Å². The van der Waals surface area contributed by atoms with Crippen molar-refractivity contribution in [3.63, 3.8) is 0 Å². The number of hydrogen-bond donors (Lipinski definition) is 1. The van der Waals surface area contributed by atoms with Crippen LogP contribution in [-0.2, 0) is 20.9 Å². The predicted molar refractivity (Wildman–Crippen MR) is 110 cm³/mol. The van der Waals surface area contributed by atoms with Gasteiger partial charge in [0.15, 0.2) is 0 Å². The molecule has 1 aromatic carbocycles. The van der Waals surface area contributed by atoms with E-state index in [1.807, 2.05) is 13.0 Å². The molecule has 0 radical (unpaired) electrons. The highest BCUT2D eigenvalue weighted by atomic mass is 35.5. The molecule has 30 heavy (non-hydrogen) atoms. The third kappa shape index (κ3) is 7.06. The van der Waals surface area contributed by atoms with Crippen molar-refractivity contribution in [2.45, 2.75) is 76.7 Å². The number of alkyl halides is 2. The van der Waals surface area contributed by atoms with Crippen LogP contribution in [0, 0.1) is 5.92 Å². The van der Waals surface area contributed by atoms with Gasteiger partial charge in [-0.25, -0.2) is 8.78 Å². The van der Waals surface area contributed by atoms with E-state index in [9.17, 15) is 13.6 Å². The smallest absolute Gasteiger partial charge is 0.255 e. The number of carbonyl (C=O) groups is 1. The lowest BCUT2D eigenvalue weighted by Gasteiger charge is -2.29. The molecule has 0 aliphatic heterocycles. The number of benzene rings is 1. The van der Waals surface area contributed by atoms with Gasteiger partial charge in [0.05, 0.1) is 37.9 Å². The lowest BCUT2D eigenvalue weighted by molar-refractivity contribution is -0.120. The Morgan fingerprint density at radius 3 is 2.43 bits per heavy atom. The van der Waals surface area contributed by atoms with Crippen LogP contribution in [0.1, 0.15) is 51.5 Å². The zero-order valence-electron chi connectivity index (χ0n) is 17.5. The second-order valence-corrected chi connectivity index (χ2v) is 8.78. The van der Waals surface area contributed by atoms with Crippen molar-refractivity contribution >= 4 is 17.5 Å². The van der Waals surface area contributed by atoms with Crippen LogP contribution < -0.4 is 10.1 Å². The van der Waals surface area contributed by atoms with Crippen molar-refractivity contribution in [2.75, 3.05) is 13.2 Å². The van der Waals surface area contributed by atoms with E-state index in [1.54, 1.807) is 12.1 Å². The van der Waals surface area contributed by atoms with E-state index in [1.165, 1.54) is 6.92 Å². The summed E-state index contributed by atoms with van der Waals surface area (Å²) in [5.41, 5.74) is 0.850. The minimum Gasteiger partial charge on any atom is -0.493 e. The first-order chi connectivity index (χ1) is 14.2. The number of carbonyl (C=O) groups excluding carboxylic acids is 1. The SMILES string of the molecule is CC(=O)NC(C)COC1CCC(OCc2ccc(OCC3CC3(F)F)cc2Cl)CC1. The highest BCUT2D eigenvalue weighted by Gasteiger charge is 2.57. The fourth-order valence-electron chi connectivity index (χ4n) is 3.62. The molecule has 0 heterocycles. The van der Waals surface area contributed by atoms with Crippen LogP contribution in [0.15, 0.2) is 18.2 Å². The Balaban J connectivity index is 1.34. The van der Waals surface area contributed by atoms with E-state index < -0.39 is 11.8 Å². The minimum atomic E-state index is -2.58. The van der Waals surface area contributed by atoms with Gasteiger partial charge in [-0.1, -0.05) is 17.7 Å². The van der Waals surface area contributed by atoms with Gasteiger partial charge in [-0.3, -0.25) is 4.79 Å². The Hall–Kier alpha value is -1.44. The summed E-state index contributed by atoms with van der Waals surface area (Å²) in [6.07, 6.45) is 3.91. The molecule has 2 unspecified atom stereocenters. The Morgan fingerprint density at radius 1 is 1.23 bits per heavy atom. The molecule has 2 aliphatic carbocycles. The quantitative estimate of drug-likeness (QED) is 0.565. The highest BCUT2D eigenvalue weighted by Crippen LogP contribution is 2.48. The normalized spacial score (nSPS) is 26.1. The van der Waals surface area contributed by atoms with Gasteiger partial charge in [0.1, 0.15) is 5.75 Å². The molecule has 2 aliphatic rings. The number of halogens is 3. The van der Waals surface area contributed by atoms with Crippen molar-refractivity contribution in [2.24, 2.45) is 5.92 Å². The van der Waals surface area contributed by atoms with Crippen LogP contribution in [0.25, 0.3) is 0 Å². The number of rotatable bonds is 10. The maximum Gasteiger partial charge on any atom is 0.255 e. The average molecular weight is 446 g/mol. The maximum atomic E-state index is 12.9. The molecule has 2 fully saturated rings. The molecule has 2 atom stereocenters. The number of amides is 1. The first-order valence-corrected chi connectivity index (χ1v) is 10.9. The van der Waals surface area contributed by atoms with E-state index in [0.717, 1.165) is 31.2 Å². The van der Waals surface area contributed by atoms with Gasteiger partial charge >= 0.3 is 0 Å². The predicted octanol–water partition coefficient (Wildman–Crippen LogP) is 4.74. The zero-order chi connectivity index (χ0) is 21.7. The molecule has 1 N–H and O–H groups in total. The van der Waals surface area contributed by atoms with Gasteiger partial charge in [-0.15, -0.1) is 0 Å². The van der Waals surface area contributed by atoms with Crippen LogP contribution >= 0.6 is 11.6 Å². The molecule has 0 saturated heterocycles. The van der Waals surface area contributed by atoms with Gasteiger partial charge in [-0.05, 0) is 50.3 Å². The summed E-state index contributed by atoms with van der Waals surface area (Å²) in [5.74, 6) is -2.82. The molecule has 168 valence electrons. The Labute approximate surface area is 181 Å². The van der Waals surface area contributed by atoms with Gasteiger partial charge in [0.25, 0.3) is 5.92 Å². The molecule has 3 rings (SSSR count). The van der Waals surface area contributed by atoms with Crippen LogP contribution in [0.4, 0.5) is 8.78 Å². The standard InChI is InChI=1S/C22H30ClF2NO4/c1-14(26-15(2)27)11-28-18-5-7-19(8-6-18)29-12-16-3-4-20(9-21(16)23)30-13-17-10-22(17,24)25/h3-4,9,14,17-19H,5-8,10-13H2,1-2H3,(H,26,27). The van der Waals surface area contributed by atoms with Crippen molar-refractivity contribution in [1.82, 2.24) is 5.32 Å². The maximum absolute atomic E-state index is 12.9. The van der Waals surface area contributed by atoms with E-state index in [-0.39, 0.29) is 37.2 Å². The third-order valence-corrected chi connectivity index (χ3v) is 5.91. The molecular weight excluding hydrogens is 416 g/mol. The van der Waals surface area contributed by atoms with E-state index in [2.05, 4.69) is 5.32 Å². The van der Waals surface area contributed by atoms with Gasteiger partial charge in [-0.2, -0.15) is 0 Å². The van der Waals surface area contributed by atoms with E-state index in [0.29, 0.717) is 24.0 Å². The summed E-state index contributed by atoms with van der Waals surface area (Å²) in [5, 5.41) is 3.33. The number of ether oxygens (including phenoxy) is 3. The Bertz CT molecular complexity index is 725. The van der Waals surface area contributed by atoms with Crippen LogP contribution in [0.5, 0.6) is 5.75 Å². The summed E-state index contributed by atoms with van der Waals surface area (Å²) in [7, 11) is 0. The van der Waals surface area contributed by atoms with Crippen LogP contribution in [-0.4, -0.2) is 43.3 Å². The Morgan fingerprint density at radius 2 is 1.87 bits per heavy atom. The lowest BCUT2D eigenvalue weighted by Crippen LogP contribution is -2.36. The average Bonchev–Trinajstić information content (AvgIpc) is 3.31. The summed E-state index contributed by atoms with van der Waals surface area (Å²) >= 11 is 6.31. The number of hydrogen-bond acceptors (Lipinski definition) is 4. The molecule has 8 heteroatoms. The molecule has 2 saturated carbocycles. The molecule has 5 nitrogen and oxygen atoms in total. The molecule has 0 bridgehead atoms. The summed E-state index contributed by atoms with van der Waals surface area (Å²) in [6, 6.07) is 5.22. The monoisotopic (exact) mass is 445 g/mol. The fraction of sp³-hybridized carbons (Fsp3) is 0.682. The first kappa shape index (κ1) is 23.2. The molecule has 1 aromatic rings. The highest BCUT2D eigenvalue weighted by molar-refractivity contribution is 6.31. The molecule has 0 aromatic heterocycles. The zero-order valence-corrected chi connectivity index (χ0v) is 18.2. The van der Waals surface area contributed by atoms with Gasteiger partial charge in [0.2, 0.25) is 5.91 Å². The molecular formula is C22H30ClF2NO4. The Kier molecular flexibility index (Phi) is 7.93. The second kappa shape index (κ2) is 10.2. The van der Waals surface area contributed by atoms with Crippen molar-refractivity contribution in [3.05, 3.63) is 28.8 Å². The van der Waals surface area contributed by atoms with E-state index in [4.69, 9.17) is 25.8 Å². The number of nitrogens with one attached hydrogen (secondary N) is 1. The minimum absolute atomic E-state index is 0.00586. The van der Waals surface area contributed by atoms with Crippen molar-refractivity contribution in [1.29, 1.82) is 0 Å². The van der Waals surface area contributed by atoms with Crippen molar-refractivity contribution < 1.29 is 27.8 Å². The summed E-state index contributed by atoms with van der Waals surface area (Å²) in [4.78, 5) is 11.0. The first-order valence-electron chi connectivity index (χ1n) is 10.5. The molecule has 1 amide bonds. The van der Waals surface area contributed by atoms with E-state index >= 15 is 0 Å². The fourth-order valence-corrected chi connectivity index (χ4v) is 3.85. The summed E-state index contributed by atoms with van der Waals surface area (Å²) < 4.78 is 43.2.